The molecule has 0 saturated carbocycles. The van der Waals surface area contributed by atoms with Crippen molar-refractivity contribution in [2.45, 2.75) is 6.54 Å². The Bertz CT molecular complexity index is 785. The molecule has 1 aromatic heterocycles. The molecular formula is C16H17F2N3O4S. The first-order chi connectivity index (χ1) is 12.4. The molecule has 1 N–H and O–H groups in total. The number of urea groups is 1. The summed E-state index contributed by atoms with van der Waals surface area (Å²) in [7, 11) is 2.74. The molecule has 2 rings (SSSR count). The number of nitrogens with zero attached hydrogens (tertiary/aromatic N) is 2. The lowest BCUT2D eigenvalue weighted by Gasteiger charge is -2.21. The average Bonchev–Trinajstić information content (AvgIpc) is 3.09. The Kier molecular flexibility index (Phi) is 6.98. The van der Waals surface area contributed by atoms with Crippen LogP contribution in [-0.4, -0.2) is 49.3 Å². The second-order valence-electron chi connectivity index (χ2n) is 5.09. The van der Waals surface area contributed by atoms with Crippen LogP contribution < -0.4 is 5.32 Å². The maximum absolute atomic E-state index is 13.3. The number of carbonyl (C=O) groups is 2. The number of benzene rings is 1. The number of nitrogens with one attached hydrogen (secondary N) is 1. The van der Waals surface area contributed by atoms with Crippen molar-refractivity contribution in [3.05, 3.63) is 45.9 Å². The van der Waals surface area contributed by atoms with Crippen LogP contribution >= 0.6 is 11.3 Å². The van der Waals surface area contributed by atoms with Crippen molar-refractivity contribution >= 4 is 29.0 Å². The lowest BCUT2D eigenvalue weighted by atomic mass is 10.3. The molecule has 7 nitrogen and oxygen atoms in total. The molecule has 2 aromatic rings. The van der Waals surface area contributed by atoms with Crippen LogP contribution in [0, 0.1) is 11.6 Å². The van der Waals surface area contributed by atoms with Gasteiger partial charge in [-0.2, -0.15) is 0 Å². The standard InChI is InChI=1S/C16H17F2N3O4S/c1-24-6-5-21(8-14-20-13(9-26-14)15(22)25-2)16(23)19-10-3-4-11(17)12(18)7-10/h3-4,7,9H,5-6,8H2,1-2H3,(H,19,23). The van der Waals surface area contributed by atoms with Gasteiger partial charge in [0, 0.05) is 30.8 Å². The number of methoxy groups -OCH3 is 2. The number of carbonyl (C=O) groups excluding carboxylic acids is 2. The molecule has 0 aliphatic carbocycles. The number of hydrogen-bond acceptors (Lipinski definition) is 6. The van der Waals surface area contributed by atoms with E-state index in [9.17, 15) is 18.4 Å². The van der Waals surface area contributed by atoms with Crippen LogP contribution in [-0.2, 0) is 16.0 Å². The second kappa shape index (κ2) is 9.20. The molecule has 26 heavy (non-hydrogen) atoms. The molecule has 0 aliphatic heterocycles. The van der Waals surface area contributed by atoms with Crippen molar-refractivity contribution in [2.24, 2.45) is 0 Å². The van der Waals surface area contributed by atoms with Crippen molar-refractivity contribution in [2.75, 3.05) is 32.7 Å². The van der Waals surface area contributed by atoms with Gasteiger partial charge >= 0.3 is 12.0 Å². The summed E-state index contributed by atoms with van der Waals surface area (Å²) < 4.78 is 35.8. The molecule has 2 amide bonds. The number of anilines is 1. The number of hydrogen-bond donors (Lipinski definition) is 1. The normalized spacial score (nSPS) is 10.5. The Labute approximate surface area is 152 Å². The molecule has 0 fully saturated rings. The fraction of sp³-hybridized carbons (Fsp3) is 0.312. The van der Waals surface area contributed by atoms with E-state index in [4.69, 9.17) is 4.74 Å². The smallest absolute Gasteiger partial charge is 0.357 e. The monoisotopic (exact) mass is 385 g/mol. The zero-order valence-corrected chi connectivity index (χ0v) is 14.9. The Morgan fingerprint density at radius 3 is 2.69 bits per heavy atom. The highest BCUT2D eigenvalue weighted by Gasteiger charge is 2.18. The molecule has 0 aliphatic rings. The van der Waals surface area contributed by atoms with Crippen LogP contribution in [0.3, 0.4) is 0 Å². The molecule has 0 bridgehead atoms. The minimum absolute atomic E-state index is 0.112. The summed E-state index contributed by atoms with van der Waals surface area (Å²) in [5, 5.41) is 4.54. The molecule has 0 saturated heterocycles. The zero-order chi connectivity index (χ0) is 19.1. The fourth-order valence-electron chi connectivity index (χ4n) is 1.98. The van der Waals surface area contributed by atoms with E-state index in [1.54, 1.807) is 0 Å². The molecule has 0 unspecified atom stereocenters. The number of ether oxygens (including phenoxy) is 2. The minimum Gasteiger partial charge on any atom is -0.464 e. The number of esters is 1. The highest BCUT2D eigenvalue weighted by atomic mass is 32.1. The topological polar surface area (TPSA) is 80.8 Å². The predicted molar refractivity (Wildman–Crippen MR) is 91.1 cm³/mol. The molecule has 1 heterocycles. The van der Waals surface area contributed by atoms with Gasteiger partial charge in [-0.05, 0) is 12.1 Å². The first-order valence-electron chi connectivity index (χ1n) is 7.47. The Balaban J connectivity index is 2.09. The van der Waals surface area contributed by atoms with E-state index in [0.717, 1.165) is 12.1 Å². The van der Waals surface area contributed by atoms with Crippen LogP contribution in [0.15, 0.2) is 23.6 Å². The maximum Gasteiger partial charge on any atom is 0.357 e. The number of halogens is 2. The van der Waals surface area contributed by atoms with Crippen LogP contribution in [0.5, 0.6) is 0 Å². The number of amides is 2. The minimum atomic E-state index is -1.06. The van der Waals surface area contributed by atoms with Crippen LogP contribution in [0.1, 0.15) is 15.5 Å². The molecule has 0 spiro atoms. The number of aromatic nitrogens is 1. The summed E-state index contributed by atoms with van der Waals surface area (Å²) in [5.74, 6) is -2.63. The van der Waals surface area contributed by atoms with Crippen molar-refractivity contribution in [3.63, 3.8) is 0 Å². The van der Waals surface area contributed by atoms with Gasteiger partial charge in [-0.15, -0.1) is 11.3 Å². The summed E-state index contributed by atoms with van der Waals surface area (Å²) >= 11 is 1.20. The molecule has 140 valence electrons. The SMILES string of the molecule is COCCN(Cc1nc(C(=O)OC)cs1)C(=O)Nc1ccc(F)c(F)c1. The van der Waals surface area contributed by atoms with E-state index in [2.05, 4.69) is 15.0 Å². The van der Waals surface area contributed by atoms with Crippen molar-refractivity contribution in [1.29, 1.82) is 0 Å². The van der Waals surface area contributed by atoms with Crippen LogP contribution in [0.2, 0.25) is 0 Å². The van der Waals surface area contributed by atoms with Gasteiger partial charge in [0.2, 0.25) is 0 Å². The maximum atomic E-state index is 13.3. The summed E-state index contributed by atoms with van der Waals surface area (Å²) in [4.78, 5) is 29.4. The van der Waals surface area contributed by atoms with E-state index in [1.807, 2.05) is 0 Å². The van der Waals surface area contributed by atoms with Gasteiger partial charge in [-0.1, -0.05) is 0 Å². The quantitative estimate of drug-likeness (QED) is 0.742. The molecule has 10 heteroatoms. The van der Waals surface area contributed by atoms with Crippen molar-refractivity contribution in [1.82, 2.24) is 9.88 Å². The summed E-state index contributed by atoms with van der Waals surface area (Å²) in [5.41, 5.74) is 0.269. The van der Waals surface area contributed by atoms with Crippen molar-refractivity contribution in [3.8, 4) is 0 Å². The van der Waals surface area contributed by atoms with Crippen LogP contribution in [0.4, 0.5) is 19.3 Å². The Morgan fingerprint density at radius 2 is 2.04 bits per heavy atom. The van der Waals surface area contributed by atoms with Crippen molar-refractivity contribution < 1.29 is 27.8 Å². The van der Waals surface area contributed by atoms with E-state index < -0.39 is 23.6 Å². The summed E-state index contributed by atoms with van der Waals surface area (Å²) in [6, 6.07) is 2.53. The Hall–Kier alpha value is -2.59. The predicted octanol–water partition coefficient (Wildman–Crippen LogP) is 2.89. The third-order valence-corrected chi connectivity index (χ3v) is 4.13. The van der Waals surface area contributed by atoms with Gasteiger partial charge in [0.1, 0.15) is 5.01 Å². The first-order valence-corrected chi connectivity index (χ1v) is 8.35. The van der Waals surface area contributed by atoms with Gasteiger partial charge in [-0.3, -0.25) is 0 Å². The van der Waals surface area contributed by atoms with Gasteiger partial charge in [0.25, 0.3) is 0 Å². The van der Waals surface area contributed by atoms with E-state index in [0.29, 0.717) is 5.01 Å². The van der Waals surface area contributed by atoms with Gasteiger partial charge in [-0.25, -0.2) is 23.4 Å². The highest BCUT2D eigenvalue weighted by Crippen LogP contribution is 2.16. The second-order valence-corrected chi connectivity index (χ2v) is 6.03. The third-order valence-electron chi connectivity index (χ3n) is 3.30. The molecule has 0 atom stereocenters. The Morgan fingerprint density at radius 1 is 1.27 bits per heavy atom. The molecular weight excluding hydrogens is 368 g/mol. The van der Waals surface area contributed by atoms with Crippen LogP contribution in [0.25, 0.3) is 0 Å². The largest absolute Gasteiger partial charge is 0.464 e. The van der Waals surface area contributed by atoms with E-state index in [1.165, 1.54) is 41.9 Å². The average molecular weight is 385 g/mol. The zero-order valence-electron chi connectivity index (χ0n) is 14.1. The highest BCUT2D eigenvalue weighted by molar-refractivity contribution is 7.09. The molecule has 1 aromatic carbocycles. The van der Waals surface area contributed by atoms with E-state index in [-0.39, 0.29) is 31.1 Å². The third kappa shape index (κ3) is 5.20. The van der Waals surface area contributed by atoms with Gasteiger partial charge in [0.15, 0.2) is 17.3 Å². The van der Waals surface area contributed by atoms with Gasteiger partial charge < -0.3 is 19.7 Å². The summed E-state index contributed by atoms with van der Waals surface area (Å²) in [6.45, 7) is 0.611. The molecule has 0 radical (unpaired) electrons. The lowest BCUT2D eigenvalue weighted by molar-refractivity contribution is 0.0594. The van der Waals surface area contributed by atoms with Gasteiger partial charge in [0.05, 0.1) is 20.3 Å². The number of thiazole rings is 1. The van der Waals surface area contributed by atoms with E-state index >= 15 is 0 Å². The first kappa shape index (κ1) is 19.7. The fourth-order valence-corrected chi connectivity index (χ4v) is 2.75. The lowest BCUT2D eigenvalue weighted by Crippen LogP contribution is -2.36. The summed E-state index contributed by atoms with van der Waals surface area (Å²) in [6.07, 6.45) is 0. The number of rotatable bonds is 7.